The van der Waals surface area contributed by atoms with Crippen molar-refractivity contribution >= 4 is 11.5 Å². The molecule has 1 saturated carbocycles. The van der Waals surface area contributed by atoms with E-state index in [-0.39, 0.29) is 29.6 Å². The Bertz CT molecular complexity index is 1290. The van der Waals surface area contributed by atoms with E-state index >= 15 is 0 Å². The number of aliphatic hydroxyl groups is 1. The van der Waals surface area contributed by atoms with Crippen molar-refractivity contribution in [2.75, 3.05) is 5.73 Å². The van der Waals surface area contributed by atoms with Crippen LogP contribution in [0.1, 0.15) is 59.8 Å². The third-order valence-electron chi connectivity index (χ3n) is 7.35. The molecular formula is C27H29F3N4O2. The van der Waals surface area contributed by atoms with Crippen LogP contribution in [0, 0.1) is 30.3 Å². The second-order valence-corrected chi connectivity index (χ2v) is 9.94. The number of benzene rings is 1. The number of rotatable bonds is 5. The lowest BCUT2D eigenvalue weighted by atomic mass is 9.67. The van der Waals surface area contributed by atoms with Crippen molar-refractivity contribution in [3.63, 3.8) is 0 Å². The molecule has 4 rings (SSSR count). The first-order valence-corrected chi connectivity index (χ1v) is 11.8. The zero-order valence-corrected chi connectivity index (χ0v) is 20.4. The fraction of sp³-hybridized carbons (Fsp3) is 0.370. The van der Waals surface area contributed by atoms with Gasteiger partial charge < -0.3 is 16.6 Å². The third kappa shape index (κ3) is 4.73. The van der Waals surface area contributed by atoms with Gasteiger partial charge in [-0.15, -0.1) is 0 Å². The lowest BCUT2D eigenvalue weighted by Crippen LogP contribution is -2.54. The number of pyridine rings is 2. The number of halogens is 3. The Morgan fingerprint density at radius 1 is 1.17 bits per heavy atom. The molecule has 1 fully saturated rings. The minimum atomic E-state index is -1.04. The summed E-state index contributed by atoms with van der Waals surface area (Å²) >= 11 is 0. The second-order valence-electron chi connectivity index (χ2n) is 9.94. The molecule has 4 atom stereocenters. The highest BCUT2D eigenvalue weighted by atomic mass is 19.1. The highest BCUT2D eigenvalue weighted by molar-refractivity contribution is 6.00. The van der Waals surface area contributed by atoms with Crippen LogP contribution in [0.5, 0.6) is 0 Å². The molecule has 1 aliphatic carbocycles. The fourth-order valence-electron chi connectivity index (χ4n) is 4.99. The summed E-state index contributed by atoms with van der Waals surface area (Å²) in [5.41, 5.74) is 11.2. The summed E-state index contributed by atoms with van der Waals surface area (Å²) in [6, 6.07) is 4.34. The Morgan fingerprint density at radius 2 is 1.83 bits per heavy atom. The van der Waals surface area contributed by atoms with E-state index in [1.807, 2.05) is 13.0 Å². The number of nitrogens with two attached hydrogens (primary N) is 2. The summed E-state index contributed by atoms with van der Waals surface area (Å²) in [5, 5.41) is 10.7. The molecule has 2 aromatic heterocycles. The van der Waals surface area contributed by atoms with Crippen molar-refractivity contribution in [3.8, 4) is 11.3 Å². The lowest BCUT2D eigenvalue weighted by molar-refractivity contribution is -0.0464. The van der Waals surface area contributed by atoms with Gasteiger partial charge in [-0.2, -0.15) is 0 Å². The van der Waals surface area contributed by atoms with Gasteiger partial charge in [0.15, 0.2) is 11.6 Å². The van der Waals surface area contributed by atoms with Gasteiger partial charge in [0.2, 0.25) is 0 Å². The van der Waals surface area contributed by atoms with Gasteiger partial charge in [-0.05, 0) is 73.4 Å². The summed E-state index contributed by atoms with van der Waals surface area (Å²) in [5.74, 6) is -3.64. The molecule has 5 N–H and O–H groups in total. The summed E-state index contributed by atoms with van der Waals surface area (Å²) in [6.07, 6.45) is 4.23. The van der Waals surface area contributed by atoms with Crippen molar-refractivity contribution < 1.29 is 23.1 Å². The number of Topliss-reactive ketones (excluding diaryl/α,β-unsaturated/α-hetero) is 1. The van der Waals surface area contributed by atoms with E-state index in [1.54, 1.807) is 19.3 Å². The number of nitrogen functional groups attached to an aromatic ring is 1. The van der Waals surface area contributed by atoms with Crippen molar-refractivity contribution in [3.05, 3.63) is 76.5 Å². The monoisotopic (exact) mass is 498 g/mol. The van der Waals surface area contributed by atoms with E-state index in [0.29, 0.717) is 24.0 Å². The van der Waals surface area contributed by atoms with E-state index in [2.05, 4.69) is 9.97 Å². The maximum atomic E-state index is 14.7. The number of nitrogens with zero attached hydrogens (tertiary/aromatic N) is 2. The number of aryl methyl sites for hydroxylation is 1. The number of anilines is 1. The van der Waals surface area contributed by atoms with E-state index in [4.69, 9.17) is 11.5 Å². The van der Waals surface area contributed by atoms with Crippen LogP contribution in [0.2, 0.25) is 0 Å². The second kappa shape index (κ2) is 9.63. The van der Waals surface area contributed by atoms with Gasteiger partial charge in [-0.3, -0.25) is 9.78 Å². The molecule has 6 nitrogen and oxygen atoms in total. The zero-order chi connectivity index (χ0) is 26.4. The molecule has 3 aromatic rings. The Balaban J connectivity index is 1.68. The molecular weight excluding hydrogens is 469 g/mol. The SMILES string of the molecule is Cc1cc(F)c(-c2nc(C(=O)Cc3cnccc3[C@H]3C[C@@H](N)[C@](C)(O)[C@@H](C)C3)c(N)cc2F)c(F)c1. The van der Waals surface area contributed by atoms with Gasteiger partial charge in [0.1, 0.15) is 23.0 Å². The van der Waals surface area contributed by atoms with Crippen LogP contribution in [0.3, 0.4) is 0 Å². The van der Waals surface area contributed by atoms with Gasteiger partial charge in [0.25, 0.3) is 0 Å². The third-order valence-corrected chi connectivity index (χ3v) is 7.35. The normalized spacial score (nSPS) is 24.1. The molecule has 190 valence electrons. The molecule has 0 spiro atoms. The lowest BCUT2D eigenvalue weighted by Gasteiger charge is -2.44. The number of hydrogen-bond donors (Lipinski definition) is 3. The predicted molar refractivity (Wildman–Crippen MR) is 131 cm³/mol. The maximum absolute atomic E-state index is 14.7. The largest absolute Gasteiger partial charge is 0.397 e. The first kappa shape index (κ1) is 25.8. The molecule has 1 aliphatic rings. The Labute approximate surface area is 207 Å². The van der Waals surface area contributed by atoms with E-state index in [9.17, 15) is 23.1 Å². The standard InChI is InChI=1S/C27H29F3N4O2/c1-13-6-18(28)24(19(29)7-13)25-20(30)11-21(31)26(34-25)22(35)9-16-12-33-5-4-17(16)15-8-14(2)27(3,36)23(32)10-15/h4-7,11-12,14-15,23,36H,8-10,31-32H2,1-3H3/t14-,15+,23+,27+/m0/s1. The smallest absolute Gasteiger partial charge is 0.187 e. The minimum Gasteiger partial charge on any atom is -0.397 e. The fourth-order valence-corrected chi connectivity index (χ4v) is 4.99. The molecule has 0 unspecified atom stereocenters. The van der Waals surface area contributed by atoms with E-state index in [0.717, 1.165) is 23.8 Å². The molecule has 36 heavy (non-hydrogen) atoms. The molecule has 0 saturated heterocycles. The highest BCUT2D eigenvalue weighted by Crippen LogP contribution is 2.42. The average molecular weight is 499 g/mol. The summed E-state index contributed by atoms with van der Waals surface area (Å²) in [6.45, 7) is 5.17. The van der Waals surface area contributed by atoms with E-state index in [1.165, 1.54) is 6.92 Å². The van der Waals surface area contributed by atoms with Crippen LogP contribution in [-0.4, -0.2) is 32.5 Å². The first-order valence-electron chi connectivity index (χ1n) is 11.8. The van der Waals surface area contributed by atoms with Crippen LogP contribution in [0.15, 0.2) is 36.7 Å². The average Bonchev–Trinajstić information content (AvgIpc) is 2.78. The Morgan fingerprint density at radius 3 is 2.47 bits per heavy atom. The minimum absolute atomic E-state index is 0.00846. The molecule has 0 radical (unpaired) electrons. The summed E-state index contributed by atoms with van der Waals surface area (Å²) in [7, 11) is 0. The first-order chi connectivity index (χ1) is 16.9. The van der Waals surface area contributed by atoms with Crippen molar-refractivity contribution in [2.24, 2.45) is 11.7 Å². The topological polar surface area (TPSA) is 115 Å². The quantitative estimate of drug-likeness (QED) is 0.447. The van der Waals surface area contributed by atoms with Crippen molar-refractivity contribution in [2.45, 2.75) is 57.6 Å². The van der Waals surface area contributed by atoms with E-state index < -0.39 is 46.1 Å². The maximum Gasteiger partial charge on any atom is 0.187 e. The molecule has 2 heterocycles. The summed E-state index contributed by atoms with van der Waals surface area (Å²) < 4.78 is 43.8. The van der Waals surface area contributed by atoms with Crippen LogP contribution in [-0.2, 0) is 6.42 Å². The van der Waals surface area contributed by atoms with Gasteiger partial charge in [0, 0.05) is 30.9 Å². The zero-order valence-electron chi connectivity index (χ0n) is 20.4. The van der Waals surface area contributed by atoms with Gasteiger partial charge in [0.05, 0.1) is 16.9 Å². The van der Waals surface area contributed by atoms with Crippen LogP contribution < -0.4 is 11.5 Å². The number of carbonyl (C=O) groups is 1. The molecule has 0 bridgehead atoms. The van der Waals surface area contributed by atoms with Crippen LogP contribution in [0.25, 0.3) is 11.3 Å². The van der Waals surface area contributed by atoms with Crippen LogP contribution >= 0.6 is 0 Å². The summed E-state index contributed by atoms with van der Waals surface area (Å²) in [4.78, 5) is 21.4. The predicted octanol–water partition coefficient (Wildman–Crippen LogP) is 4.47. The van der Waals surface area contributed by atoms with Crippen molar-refractivity contribution in [1.29, 1.82) is 0 Å². The van der Waals surface area contributed by atoms with Crippen molar-refractivity contribution in [1.82, 2.24) is 9.97 Å². The number of ketones is 1. The van der Waals surface area contributed by atoms with Crippen LogP contribution in [0.4, 0.5) is 18.9 Å². The van der Waals surface area contributed by atoms with Gasteiger partial charge in [-0.1, -0.05) is 6.92 Å². The number of hydrogen-bond acceptors (Lipinski definition) is 6. The molecule has 9 heteroatoms. The van der Waals surface area contributed by atoms with Gasteiger partial charge >= 0.3 is 0 Å². The Hall–Kier alpha value is -3.30. The Kier molecular flexibility index (Phi) is 6.90. The number of carbonyl (C=O) groups excluding carboxylic acids is 1. The molecule has 1 aromatic carbocycles. The molecule has 0 amide bonds. The molecule has 0 aliphatic heterocycles. The van der Waals surface area contributed by atoms with Gasteiger partial charge in [-0.25, -0.2) is 18.2 Å². The number of aromatic nitrogens is 2. The highest BCUT2D eigenvalue weighted by Gasteiger charge is 2.42.